The molecule has 5 heteroatoms. The van der Waals surface area contributed by atoms with Gasteiger partial charge in [0, 0.05) is 18.9 Å². The van der Waals surface area contributed by atoms with E-state index in [2.05, 4.69) is 11.6 Å². The highest BCUT2D eigenvalue weighted by atomic mass is 35.5. The van der Waals surface area contributed by atoms with Gasteiger partial charge in [0.1, 0.15) is 5.15 Å². The maximum atomic E-state index is 11.7. The van der Waals surface area contributed by atoms with Crippen molar-refractivity contribution >= 4 is 29.0 Å². The van der Waals surface area contributed by atoms with E-state index in [0.29, 0.717) is 29.6 Å². The molecule has 1 unspecified atom stereocenters. The number of aromatic nitrogens is 1. The molecular weight excluding hydrogens is 226 g/mol. The third-order valence-electron chi connectivity index (χ3n) is 2.62. The lowest BCUT2D eigenvalue weighted by Gasteiger charge is -2.17. The second-order valence-corrected chi connectivity index (χ2v) is 4.14. The minimum Gasteiger partial charge on any atom is -0.396 e. The normalized spacial score (nSPS) is 20.2. The van der Waals surface area contributed by atoms with Crippen LogP contribution >= 0.6 is 11.6 Å². The van der Waals surface area contributed by atoms with Gasteiger partial charge in [-0.1, -0.05) is 17.7 Å². The SMILES string of the molecule is C=CC1CC(=O)N(c2nc(Cl)ccc2N)C1. The fraction of sp³-hybridized carbons (Fsp3) is 0.273. The fourth-order valence-corrected chi connectivity index (χ4v) is 1.89. The van der Waals surface area contributed by atoms with Gasteiger partial charge >= 0.3 is 0 Å². The molecule has 1 amide bonds. The van der Waals surface area contributed by atoms with Crippen molar-refractivity contribution in [2.75, 3.05) is 17.2 Å². The number of amides is 1. The van der Waals surface area contributed by atoms with Crippen LogP contribution in [0.3, 0.4) is 0 Å². The molecule has 0 aromatic carbocycles. The van der Waals surface area contributed by atoms with E-state index in [4.69, 9.17) is 17.3 Å². The molecule has 4 nitrogen and oxygen atoms in total. The molecule has 1 aromatic heterocycles. The maximum absolute atomic E-state index is 11.7. The van der Waals surface area contributed by atoms with Crippen LogP contribution in [0.15, 0.2) is 24.8 Å². The minimum absolute atomic E-state index is 0.00590. The first-order valence-electron chi connectivity index (χ1n) is 4.96. The van der Waals surface area contributed by atoms with Gasteiger partial charge in [-0.05, 0) is 12.1 Å². The molecule has 1 aliphatic heterocycles. The topological polar surface area (TPSA) is 59.2 Å². The predicted molar refractivity (Wildman–Crippen MR) is 64.3 cm³/mol. The summed E-state index contributed by atoms with van der Waals surface area (Å²) in [6.45, 7) is 4.26. The number of hydrogen-bond donors (Lipinski definition) is 1. The average molecular weight is 238 g/mol. The van der Waals surface area contributed by atoms with Crippen LogP contribution in [0.1, 0.15) is 6.42 Å². The summed E-state index contributed by atoms with van der Waals surface area (Å²) >= 11 is 5.79. The number of anilines is 2. The molecule has 0 radical (unpaired) electrons. The molecule has 0 bridgehead atoms. The zero-order valence-electron chi connectivity index (χ0n) is 8.69. The molecule has 2 N–H and O–H groups in total. The molecule has 2 rings (SSSR count). The van der Waals surface area contributed by atoms with E-state index in [-0.39, 0.29) is 11.8 Å². The van der Waals surface area contributed by atoms with Gasteiger partial charge in [0.05, 0.1) is 5.69 Å². The first kappa shape index (κ1) is 11.0. The zero-order valence-corrected chi connectivity index (χ0v) is 9.44. The molecule has 1 atom stereocenters. The summed E-state index contributed by atoms with van der Waals surface area (Å²) in [5.41, 5.74) is 6.24. The molecule has 0 saturated carbocycles. The summed E-state index contributed by atoms with van der Waals surface area (Å²) in [4.78, 5) is 17.4. The van der Waals surface area contributed by atoms with E-state index >= 15 is 0 Å². The number of carbonyl (C=O) groups is 1. The second-order valence-electron chi connectivity index (χ2n) is 3.75. The molecule has 84 valence electrons. The van der Waals surface area contributed by atoms with Crippen LogP contribution in [0.25, 0.3) is 0 Å². The number of pyridine rings is 1. The number of nitrogens with two attached hydrogens (primary N) is 1. The second kappa shape index (κ2) is 4.14. The Hall–Kier alpha value is -1.55. The first-order chi connectivity index (χ1) is 7.61. The Morgan fingerprint density at radius 1 is 1.62 bits per heavy atom. The fourth-order valence-electron chi connectivity index (χ4n) is 1.75. The number of nitrogen functional groups attached to an aromatic ring is 1. The molecule has 1 aliphatic rings. The first-order valence-corrected chi connectivity index (χ1v) is 5.34. The summed E-state index contributed by atoms with van der Waals surface area (Å²) in [5, 5.41) is 0.332. The summed E-state index contributed by atoms with van der Waals surface area (Å²) in [6.07, 6.45) is 2.23. The van der Waals surface area contributed by atoms with Crippen molar-refractivity contribution in [1.82, 2.24) is 4.98 Å². The molecular formula is C11H12ClN3O. The van der Waals surface area contributed by atoms with Gasteiger partial charge in [-0.3, -0.25) is 9.69 Å². The van der Waals surface area contributed by atoms with Crippen molar-refractivity contribution in [3.8, 4) is 0 Å². The maximum Gasteiger partial charge on any atom is 0.228 e. The van der Waals surface area contributed by atoms with Crippen molar-refractivity contribution in [3.05, 3.63) is 29.9 Å². The van der Waals surface area contributed by atoms with Crippen molar-refractivity contribution in [2.45, 2.75) is 6.42 Å². The number of nitrogens with zero attached hydrogens (tertiary/aromatic N) is 2. The Kier molecular flexibility index (Phi) is 2.83. The Bertz CT molecular complexity index is 447. The molecule has 1 fully saturated rings. The molecule has 1 aromatic rings. The van der Waals surface area contributed by atoms with E-state index in [1.807, 2.05) is 0 Å². The van der Waals surface area contributed by atoms with Gasteiger partial charge in [0.25, 0.3) is 0 Å². The molecule has 0 aliphatic carbocycles. The lowest BCUT2D eigenvalue weighted by Crippen LogP contribution is -2.26. The van der Waals surface area contributed by atoms with Crippen molar-refractivity contribution in [2.24, 2.45) is 5.92 Å². The van der Waals surface area contributed by atoms with Crippen LogP contribution in [0.4, 0.5) is 11.5 Å². The Balaban J connectivity index is 2.34. The number of halogens is 1. The van der Waals surface area contributed by atoms with Gasteiger partial charge in [0.2, 0.25) is 5.91 Å². The average Bonchev–Trinajstić information content (AvgIpc) is 2.63. The van der Waals surface area contributed by atoms with Gasteiger partial charge in [0.15, 0.2) is 5.82 Å². The molecule has 0 spiro atoms. The monoisotopic (exact) mass is 237 g/mol. The number of rotatable bonds is 2. The smallest absolute Gasteiger partial charge is 0.228 e. The van der Waals surface area contributed by atoms with Crippen LogP contribution in [0.2, 0.25) is 5.15 Å². The summed E-state index contributed by atoms with van der Waals surface area (Å²) in [5.74, 6) is 0.612. The van der Waals surface area contributed by atoms with Crippen molar-refractivity contribution < 1.29 is 4.79 Å². The highest BCUT2D eigenvalue weighted by molar-refractivity contribution is 6.29. The predicted octanol–water partition coefficient (Wildman–Crippen LogP) is 1.86. The number of hydrogen-bond acceptors (Lipinski definition) is 3. The molecule has 16 heavy (non-hydrogen) atoms. The standard InChI is InChI=1S/C11H12ClN3O/c1-2-7-5-10(16)15(6-7)11-8(13)3-4-9(12)14-11/h2-4,7H,1,5-6,13H2. The zero-order chi connectivity index (χ0) is 11.7. The van der Waals surface area contributed by atoms with Gasteiger partial charge in [-0.25, -0.2) is 4.98 Å². The summed E-state index contributed by atoms with van der Waals surface area (Å²) in [6, 6.07) is 3.26. The summed E-state index contributed by atoms with van der Waals surface area (Å²) in [7, 11) is 0. The van der Waals surface area contributed by atoms with Crippen LogP contribution in [-0.2, 0) is 4.79 Å². The van der Waals surface area contributed by atoms with E-state index in [9.17, 15) is 4.79 Å². The van der Waals surface area contributed by atoms with Crippen LogP contribution in [-0.4, -0.2) is 17.4 Å². The number of carbonyl (C=O) groups excluding carboxylic acids is 1. The van der Waals surface area contributed by atoms with Gasteiger partial charge in [-0.15, -0.1) is 6.58 Å². The van der Waals surface area contributed by atoms with Crippen molar-refractivity contribution in [3.63, 3.8) is 0 Å². The van der Waals surface area contributed by atoms with Gasteiger partial charge in [-0.2, -0.15) is 0 Å². The Labute approximate surface area is 98.7 Å². The largest absolute Gasteiger partial charge is 0.396 e. The third kappa shape index (κ3) is 1.88. The van der Waals surface area contributed by atoms with E-state index in [1.54, 1.807) is 23.1 Å². The quantitative estimate of drug-likeness (QED) is 0.631. The van der Waals surface area contributed by atoms with E-state index in [0.717, 1.165) is 0 Å². The van der Waals surface area contributed by atoms with E-state index in [1.165, 1.54) is 0 Å². The highest BCUT2D eigenvalue weighted by Crippen LogP contribution is 2.29. The molecule has 2 heterocycles. The lowest BCUT2D eigenvalue weighted by atomic mass is 10.1. The Morgan fingerprint density at radius 2 is 2.38 bits per heavy atom. The van der Waals surface area contributed by atoms with Gasteiger partial charge < -0.3 is 5.73 Å². The summed E-state index contributed by atoms with van der Waals surface area (Å²) < 4.78 is 0. The van der Waals surface area contributed by atoms with Crippen LogP contribution in [0, 0.1) is 5.92 Å². The Morgan fingerprint density at radius 3 is 3.00 bits per heavy atom. The van der Waals surface area contributed by atoms with Crippen LogP contribution in [0.5, 0.6) is 0 Å². The highest BCUT2D eigenvalue weighted by Gasteiger charge is 2.30. The van der Waals surface area contributed by atoms with Crippen molar-refractivity contribution in [1.29, 1.82) is 0 Å². The van der Waals surface area contributed by atoms with E-state index < -0.39 is 0 Å². The molecule has 1 saturated heterocycles. The lowest BCUT2D eigenvalue weighted by molar-refractivity contribution is -0.117. The third-order valence-corrected chi connectivity index (χ3v) is 2.83. The van der Waals surface area contributed by atoms with Crippen LogP contribution < -0.4 is 10.6 Å². The minimum atomic E-state index is 0.00590.